The highest BCUT2D eigenvalue weighted by molar-refractivity contribution is 5.89. The number of nitrogens with one attached hydrogen (secondary N) is 1. The molecule has 9 N–H and O–H groups in total. The fourth-order valence-corrected chi connectivity index (χ4v) is 9.57. The number of aromatic amines is 1. The van der Waals surface area contributed by atoms with Gasteiger partial charge >= 0.3 is 11.9 Å². The molecule has 5 aliphatic heterocycles. The zero-order chi connectivity index (χ0) is 46.0. The molecule has 352 valence electrons. The average Bonchev–Trinajstić information content (AvgIpc) is 3.70. The minimum absolute atomic E-state index is 0.171. The molecule has 20 nitrogen and oxygen atoms in total. The van der Waals surface area contributed by atoms with Crippen molar-refractivity contribution in [3.05, 3.63) is 84.5 Å². The predicted octanol–water partition coefficient (Wildman–Crippen LogP) is -0.856. The molecule has 2 aromatic rings. The molecule has 2 fully saturated rings. The van der Waals surface area contributed by atoms with Crippen molar-refractivity contribution in [2.75, 3.05) is 40.5 Å². The molecule has 17 atom stereocenters. The summed E-state index contributed by atoms with van der Waals surface area (Å²) in [5.74, 6) is -4.23. The highest BCUT2D eigenvalue weighted by Gasteiger charge is 2.50. The van der Waals surface area contributed by atoms with Crippen molar-refractivity contribution >= 4 is 22.8 Å². The Hall–Kier alpha value is -4.26. The first-order chi connectivity index (χ1) is 30.8. The molecule has 2 unspecified atom stereocenters. The van der Waals surface area contributed by atoms with E-state index in [1.165, 1.54) is 26.7 Å². The van der Waals surface area contributed by atoms with Crippen LogP contribution in [0.2, 0.25) is 0 Å². The summed E-state index contributed by atoms with van der Waals surface area (Å²) in [6.45, 7) is 7.58. The summed E-state index contributed by atoms with van der Waals surface area (Å²) in [6, 6.07) is 7.44. The van der Waals surface area contributed by atoms with E-state index in [0.717, 1.165) is 22.2 Å². The first-order valence-electron chi connectivity index (χ1n) is 21.2. The number of benzene rings is 1. The van der Waals surface area contributed by atoms with E-state index < -0.39 is 129 Å². The van der Waals surface area contributed by atoms with Gasteiger partial charge in [0.2, 0.25) is 12.6 Å². The van der Waals surface area contributed by atoms with Crippen LogP contribution in [0.4, 0.5) is 0 Å². The van der Waals surface area contributed by atoms with Crippen LogP contribution in [-0.2, 0) is 53.9 Å². The number of carbonyl (C=O) groups is 2. The first kappa shape index (κ1) is 47.7. The number of aromatic nitrogens is 1. The highest BCUT2D eigenvalue weighted by atomic mass is 16.8. The second-order valence-corrected chi connectivity index (χ2v) is 16.5. The monoisotopic (exact) mass is 902 g/mol. The molecule has 0 spiro atoms. The van der Waals surface area contributed by atoms with E-state index in [2.05, 4.69) is 23.0 Å². The third kappa shape index (κ3) is 9.12. The van der Waals surface area contributed by atoms with E-state index in [1.807, 2.05) is 24.3 Å². The van der Waals surface area contributed by atoms with Gasteiger partial charge in [-0.2, -0.15) is 0 Å². The summed E-state index contributed by atoms with van der Waals surface area (Å²) in [6.07, 6.45) is -11.4. The number of fused-ring (bicyclic) bond motifs is 3. The number of para-hydroxylation sites is 1. The molecule has 64 heavy (non-hydrogen) atoms. The SMILES string of the molecule is C=C[C@@H]1C(CCN2CCc3c([nH]c4ccccc34)[C@@H]2CC2C(C(=O)OC)=CO[C@@H](O[C@@H]3O[C@H](CO)[C@@H](O)[C@H](O)[C@H]3O)[C@@H]2C=C)C(C(=O)OC)=CO[C@H]1O[C@@H]1O[C@H](CO)[C@@H](O)[C@H](O)[C@H]1O. The Morgan fingerprint density at radius 1 is 0.750 bits per heavy atom. The molecule has 1 aromatic heterocycles. The Bertz CT molecular complexity index is 2040. The van der Waals surface area contributed by atoms with Crippen LogP contribution < -0.4 is 0 Å². The Balaban J connectivity index is 1.19. The van der Waals surface area contributed by atoms with Crippen molar-refractivity contribution in [1.29, 1.82) is 0 Å². The third-order valence-electron chi connectivity index (χ3n) is 13.1. The largest absolute Gasteiger partial charge is 0.471 e. The maximum Gasteiger partial charge on any atom is 0.337 e. The lowest BCUT2D eigenvalue weighted by molar-refractivity contribution is -0.339. The Morgan fingerprint density at radius 2 is 1.27 bits per heavy atom. The maximum atomic E-state index is 13.5. The van der Waals surface area contributed by atoms with Gasteiger partial charge < -0.3 is 83.7 Å². The minimum atomic E-state index is -1.73. The minimum Gasteiger partial charge on any atom is -0.471 e. The van der Waals surface area contributed by atoms with E-state index in [0.29, 0.717) is 25.9 Å². The van der Waals surface area contributed by atoms with E-state index in [9.17, 15) is 50.4 Å². The van der Waals surface area contributed by atoms with E-state index in [-0.39, 0.29) is 17.6 Å². The smallest absolute Gasteiger partial charge is 0.337 e. The van der Waals surface area contributed by atoms with Crippen LogP contribution >= 0.6 is 0 Å². The van der Waals surface area contributed by atoms with Crippen molar-refractivity contribution in [1.82, 2.24) is 9.88 Å². The Kier molecular flexibility index (Phi) is 15.3. The van der Waals surface area contributed by atoms with Gasteiger partial charge in [-0.1, -0.05) is 30.4 Å². The molecule has 6 heterocycles. The van der Waals surface area contributed by atoms with Crippen molar-refractivity contribution in [3.8, 4) is 0 Å². The fourth-order valence-electron chi connectivity index (χ4n) is 9.57. The van der Waals surface area contributed by atoms with Crippen LogP contribution in [0.3, 0.4) is 0 Å². The summed E-state index contributed by atoms with van der Waals surface area (Å²) < 4.78 is 45.5. The van der Waals surface area contributed by atoms with Gasteiger partial charge in [-0.3, -0.25) is 4.90 Å². The average molecular weight is 903 g/mol. The van der Waals surface area contributed by atoms with Crippen LogP contribution in [0.5, 0.6) is 0 Å². The number of esters is 2. The molecular formula is C44H58N2O18. The molecule has 0 amide bonds. The summed E-state index contributed by atoms with van der Waals surface area (Å²) in [5, 5.41) is 83.8. The normalized spacial score (nSPS) is 37.9. The number of hydrogen-bond acceptors (Lipinski definition) is 19. The second kappa shape index (κ2) is 20.5. The summed E-state index contributed by atoms with van der Waals surface area (Å²) in [7, 11) is 2.48. The number of rotatable bonds is 15. The van der Waals surface area contributed by atoms with Gasteiger partial charge in [-0.25, -0.2) is 9.59 Å². The van der Waals surface area contributed by atoms with E-state index in [4.69, 9.17) is 37.9 Å². The zero-order valence-electron chi connectivity index (χ0n) is 35.4. The standard InChI is InChI=1S/C44H58N2O18/c1-5-20-22(26(39(55)57-3)18-59-41(20)63-43-37(53)35(51)33(49)30(16-47)61-43)11-13-46-14-12-24-23-9-7-8-10-28(23)45-32(24)29(46)15-25-21(6-2)42(60-19-27(25)40(56)58-4)64-44-38(54)36(52)34(50)31(17-48)62-44/h5-10,18-22,25,29-31,33-38,41-45,47-54H,1-2,11-17H2,3-4H3/t20-,21-,22?,25?,29+,30-,31-,33-,34-,35+,36+,37-,38-,41+,42+,43+,44+/m1/s1. The molecule has 0 aliphatic carbocycles. The molecule has 1 aromatic carbocycles. The fraction of sp³-hybridized carbons (Fsp3) is 0.591. The van der Waals surface area contributed by atoms with Crippen LogP contribution in [0, 0.1) is 23.7 Å². The summed E-state index contributed by atoms with van der Waals surface area (Å²) in [5.41, 5.74) is 3.22. The van der Waals surface area contributed by atoms with Crippen molar-refractivity contribution in [3.63, 3.8) is 0 Å². The van der Waals surface area contributed by atoms with E-state index >= 15 is 0 Å². The van der Waals surface area contributed by atoms with Gasteiger partial charge in [0.25, 0.3) is 0 Å². The number of nitrogens with zero attached hydrogens (tertiary/aromatic N) is 1. The number of aliphatic hydroxyl groups is 8. The van der Waals surface area contributed by atoms with Crippen molar-refractivity contribution in [2.24, 2.45) is 23.7 Å². The summed E-state index contributed by atoms with van der Waals surface area (Å²) >= 11 is 0. The molecule has 2 saturated heterocycles. The predicted molar refractivity (Wildman–Crippen MR) is 220 cm³/mol. The van der Waals surface area contributed by atoms with Gasteiger partial charge in [0, 0.05) is 46.8 Å². The third-order valence-corrected chi connectivity index (χ3v) is 13.1. The van der Waals surface area contributed by atoms with Crippen molar-refractivity contribution < 1.29 is 88.3 Å². The van der Waals surface area contributed by atoms with E-state index in [1.54, 1.807) is 12.2 Å². The number of H-pyrrole nitrogens is 1. The maximum absolute atomic E-state index is 13.5. The molecule has 5 aliphatic rings. The lowest BCUT2D eigenvalue weighted by Crippen LogP contribution is -2.60. The van der Waals surface area contributed by atoms with Crippen LogP contribution in [0.15, 0.2) is 73.2 Å². The summed E-state index contributed by atoms with van der Waals surface area (Å²) in [4.78, 5) is 32.6. The van der Waals surface area contributed by atoms with Gasteiger partial charge in [0.05, 0.1) is 57.1 Å². The number of carbonyl (C=O) groups excluding carboxylic acids is 2. The van der Waals surface area contributed by atoms with Gasteiger partial charge in [-0.05, 0) is 37.4 Å². The molecule has 0 bridgehead atoms. The van der Waals surface area contributed by atoms with Crippen LogP contribution in [-0.4, -0.2) is 177 Å². The molecular weight excluding hydrogens is 844 g/mol. The first-order valence-corrected chi connectivity index (χ1v) is 21.2. The zero-order valence-corrected chi connectivity index (χ0v) is 35.4. The van der Waals surface area contributed by atoms with Gasteiger partial charge in [0.1, 0.15) is 48.8 Å². The molecule has 0 saturated carbocycles. The van der Waals surface area contributed by atoms with Crippen LogP contribution in [0.25, 0.3) is 10.9 Å². The second-order valence-electron chi connectivity index (χ2n) is 16.5. The lowest BCUT2D eigenvalue weighted by Gasteiger charge is -2.45. The number of methoxy groups -OCH3 is 2. The Morgan fingerprint density at radius 3 is 1.78 bits per heavy atom. The lowest BCUT2D eigenvalue weighted by atomic mass is 9.77. The number of hydrogen-bond donors (Lipinski definition) is 9. The van der Waals surface area contributed by atoms with Gasteiger partial charge in [0.15, 0.2) is 12.6 Å². The van der Waals surface area contributed by atoms with Crippen molar-refractivity contribution in [2.45, 2.75) is 99.3 Å². The van der Waals surface area contributed by atoms with Crippen LogP contribution in [0.1, 0.15) is 30.1 Å². The van der Waals surface area contributed by atoms with Gasteiger partial charge in [-0.15, -0.1) is 13.2 Å². The number of ether oxygens (including phenoxy) is 8. The molecule has 7 rings (SSSR count). The quantitative estimate of drug-likeness (QED) is 0.0777. The highest BCUT2D eigenvalue weighted by Crippen LogP contribution is 2.46. The topological polar surface area (TPSA) is 289 Å². The molecule has 20 heteroatoms. The Labute approximate surface area is 368 Å². The molecule has 0 radical (unpaired) electrons. The number of aliphatic hydroxyl groups excluding tert-OH is 8.